The Morgan fingerprint density at radius 3 is 2.41 bits per heavy atom. The van der Waals surface area contributed by atoms with E-state index in [9.17, 15) is 32.8 Å². The first kappa shape index (κ1) is 35.9. The van der Waals surface area contributed by atoms with Gasteiger partial charge in [-0.3, -0.25) is 14.2 Å². The second-order valence-corrected chi connectivity index (χ2v) is 14.9. The summed E-state index contributed by atoms with van der Waals surface area (Å²) in [5.41, 5.74) is 0.266. The Kier molecular flexibility index (Phi) is 9.59. The first-order valence-corrected chi connectivity index (χ1v) is 17.2. The van der Waals surface area contributed by atoms with Gasteiger partial charge in [-0.15, -0.1) is 0 Å². The highest BCUT2D eigenvalue weighted by Gasteiger charge is 2.55. The number of hydrogen-bond donors (Lipinski definition) is 0. The van der Waals surface area contributed by atoms with Crippen molar-refractivity contribution in [1.82, 2.24) is 18.9 Å². The number of ether oxygens (including phenoxy) is 1. The van der Waals surface area contributed by atoms with Gasteiger partial charge >= 0.3 is 17.8 Å². The maximum Gasteiger partial charge on any atom is 0.416 e. The van der Waals surface area contributed by atoms with Gasteiger partial charge in [-0.05, 0) is 105 Å². The molecule has 1 unspecified atom stereocenters. The van der Waals surface area contributed by atoms with Gasteiger partial charge in [0.15, 0.2) is 0 Å². The molecule has 2 aliphatic rings. The molecule has 4 aromatic rings. The van der Waals surface area contributed by atoms with Crippen LogP contribution in [0.1, 0.15) is 66.6 Å². The molecule has 6 rings (SSSR count). The Balaban J connectivity index is 1.25. The van der Waals surface area contributed by atoms with Crippen LogP contribution in [0, 0.1) is 35.5 Å². The SMILES string of the molecule is Cc1c(-c2ccnn2-c2ccc(C#N)cc2)n(C(=O)CCC2CC23CCC(C(=O)OCC[N+](C)(C)C)CC3)c(=O)n1-c1cccc(C(F)(F)F)c1. The number of likely N-dealkylation sites (N-methyl/N-ethyl adjacent to an activating group) is 1. The van der Waals surface area contributed by atoms with Crippen LogP contribution in [0.3, 0.4) is 0 Å². The molecule has 2 aromatic heterocycles. The lowest BCUT2D eigenvalue weighted by atomic mass is 9.78. The molecule has 2 aliphatic carbocycles. The maximum atomic E-state index is 14.1. The molecular weight excluding hydrogens is 661 g/mol. The van der Waals surface area contributed by atoms with E-state index in [1.807, 2.05) is 21.1 Å². The number of carbonyl (C=O) groups excluding carboxylic acids is 2. The molecule has 2 fully saturated rings. The fourth-order valence-electron chi connectivity index (χ4n) is 7.46. The molecule has 13 heteroatoms. The van der Waals surface area contributed by atoms with Crippen molar-refractivity contribution in [2.24, 2.45) is 17.3 Å². The van der Waals surface area contributed by atoms with Crippen molar-refractivity contribution < 1.29 is 32.0 Å². The lowest BCUT2D eigenvalue weighted by molar-refractivity contribution is -0.870. The van der Waals surface area contributed by atoms with Gasteiger partial charge in [-0.1, -0.05) is 6.07 Å². The van der Waals surface area contributed by atoms with E-state index in [0.29, 0.717) is 34.5 Å². The normalized spacial score (nSPS) is 20.3. The molecule has 2 aromatic carbocycles. The van der Waals surface area contributed by atoms with E-state index in [0.717, 1.165) is 59.9 Å². The molecule has 0 bridgehead atoms. The van der Waals surface area contributed by atoms with Crippen LogP contribution in [-0.2, 0) is 15.7 Å². The number of benzene rings is 2. The average molecular weight is 704 g/mol. The molecule has 1 atom stereocenters. The molecule has 2 saturated carbocycles. The highest BCUT2D eigenvalue weighted by Crippen LogP contribution is 2.63. The first-order valence-electron chi connectivity index (χ1n) is 17.2. The second-order valence-electron chi connectivity index (χ2n) is 14.9. The summed E-state index contributed by atoms with van der Waals surface area (Å²) in [6.07, 6.45) is 1.68. The van der Waals surface area contributed by atoms with Gasteiger partial charge in [0.25, 0.3) is 0 Å². The van der Waals surface area contributed by atoms with E-state index in [2.05, 4.69) is 11.2 Å². The van der Waals surface area contributed by atoms with Crippen LogP contribution in [0.2, 0.25) is 0 Å². The molecule has 51 heavy (non-hydrogen) atoms. The van der Waals surface area contributed by atoms with Crippen molar-refractivity contribution in [3.63, 3.8) is 0 Å². The minimum atomic E-state index is -4.63. The fourth-order valence-corrected chi connectivity index (χ4v) is 7.46. The van der Waals surface area contributed by atoms with Crippen molar-refractivity contribution in [3.05, 3.63) is 88.1 Å². The average Bonchev–Trinajstić information content (AvgIpc) is 3.39. The number of alkyl halides is 3. The standard InChI is InChI=1S/C38H42F3N6O4/c1-25-34(32-16-19-43-46(32)30-11-8-26(24-42)9-12-30)45(36(50)44(25)31-7-5-6-28(22-31)38(39,40)41)33(48)13-10-29-23-37(29)17-14-27(15-18-37)35(49)51-21-20-47(2,3)4/h5-9,11-12,16,19,22,27,29H,10,13-15,17-18,20-21,23H2,1-4H3/q+1. The summed E-state index contributed by atoms with van der Waals surface area (Å²) in [5.74, 6) is -0.454. The highest BCUT2D eigenvalue weighted by molar-refractivity contribution is 5.85. The number of hydrogen-bond acceptors (Lipinski definition) is 6. The summed E-state index contributed by atoms with van der Waals surface area (Å²) < 4.78 is 51.1. The molecule has 2 heterocycles. The zero-order valence-corrected chi connectivity index (χ0v) is 29.2. The third-order valence-electron chi connectivity index (χ3n) is 10.5. The first-order chi connectivity index (χ1) is 24.1. The third-order valence-corrected chi connectivity index (χ3v) is 10.5. The number of esters is 1. The van der Waals surface area contributed by atoms with E-state index in [-0.39, 0.29) is 46.7 Å². The largest absolute Gasteiger partial charge is 0.459 e. The zero-order chi connectivity index (χ0) is 36.7. The Morgan fingerprint density at radius 2 is 1.76 bits per heavy atom. The van der Waals surface area contributed by atoms with Crippen LogP contribution in [0.4, 0.5) is 13.2 Å². The topological polar surface area (TPSA) is 112 Å². The molecule has 1 spiro atoms. The summed E-state index contributed by atoms with van der Waals surface area (Å²) in [6, 6.07) is 14.8. The van der Waals surface area contributed by atoms with E-state index in [1.54, 1.807) is 37.3 Å². The van der Waals surface area contributed by atoms with E-state index in [4.69, 9.17) is 4.74 Å². The summed E-state index contributed by atoms with van der Waals surface area (Å²) in [7, 11) is 6.15. The second kappa shape index (κ2) is 13.6. The quantitative estimate of drug-likeness (QED) is 0.137. The van der Waals surface area contributed by atoms with E-state index in [1.165, 1.54) is 23.0 Å². The minimum absolute atomic E-state index is 0.0153. The van der Waals surface area contributed by atoms with Gasteiger partial charge < -0.3 is 9.22 Å². The van der Waals surface area contributed by atoms with Crippen LogP contribution in [0.25, 0.3) is 22.8 Å². The number of rotatable bonds is 10. The Bertz CT molecular complexity index is 2040. The van der Waals surface area contributed by atoms with Crippen LogP contribution in [0.5, 0.6) is 0 Å². The number of nitrogens with zero attached hydrogens (tertiary/aromatic N) is 6. The van der Waals surface area contributed by atoms with Gasteiger partial charge in [0.1, 0.15) is 13.2 Å². The Hall–Kier alpha value is -4.96. The number of halogens is 3. The number of aromatic nitrogens is 4. The predicted octanol–water partition coefficient (Wildman–Crippen LogP) is 6.56. The third kappa shape index (κ3) is 7.42. The highest BCUT2D eigenvalue weighted by atomic mass is 19.4. The maximum absolute atomic E-state index is 14.1. The van der Waals surface area contributed by atoms with Gasteiger partial charge in [0.2, 0.25) is 5.91 Å². The lowest BCUT2D eigenvalue weighted by Gasteiger charge is -2.29. The number of imidazole rings is 1. The predicted molar refractivity (Wildman–Crippen MR) is 183 cm³/mol. The van der Waals surface area contributed by atoms with Gasteiger partial charge in [-0.25, -0.2) is 14.0 Å². The Morgan fingerprint density at radius 1 is 1.06 bits per heavy atom. The lowest BCUT2D eigenvalue weighted by Crippen LogP contribution is -2.38. The van der Waals surface area contributed by atoms with Gasteiger partial charge in [0.05, 0.1) is 78.9 Å². The zero-order valence-electron chi connectivity index (χ0n) is 29.2. The van der Waals surface area contributed by atoms with Crippen LogP contribution >= 0.6 is 0 Å². The van der Waals surface area contributed by atoms with Crippen molar-refractivity contribution >= 4 is 11.9 Å². The van der Waals surface area contributed by atoms with Crippen molar-refractivity contribution in [2.75, 3.05) is 34.3 Å². The summed E-state index contributed by atoms with van der Waals surface area (Å²) in [5, 5.41) is 13.7. The molecule has 0 amide bonds. The minimum Gasteiger partial charge on any atom is -0.459 e. The molecule has 10 nitrogen and oxygen atoms in total. The molecule has 268 valence electrons. The van der Waals surface area contributed by atoms with Crippen molar-refractivity contribution in [2.45, 2.75) is 58.0 Å². The number of carbonyl (C=O) groups is 2. The molecule has 0 saturated heterocycles. The summed E-state index contributed by atoms with van der Waals surface area (Å²) in [4.78, 5) is 40.9. The van der Waals surface area contributed by atoms with E-state index >= 15 is 0 Å². The van der Waals surface area contributed by atoms with Crippen molar-refractivity contribution in [3.8, 4) is 28.8 Å². The van der Waals surface area contributed by atoms with Gasteiger partial charge in [-0.2, -0.15) is 23.5 Å². The number of quaternary nitrogens is 1. The molecular formula is C38H42F3N6O4+. The van der Waals surface area contributed by atoms with Crippen LogP contribution in [-0.4, -0.2) is 69.6 Å². The fraction of sp³-hybridized carbons (Fsp3) is 0.447. The molecule has 0 radical (unpaired) electrons. The Labute approximate surface area is 294 Å². The van der Waals surface area contributed by atoms with Gasteiger partial charge in [0, 0.05) is 6.42 Å². The van der Waals surface area contributed by atoms with E-state index < -0.39 is 23.3 Å². The van der Waals surface area contributed by atoms with Crippen LogP contribution in [0.15, 0.2) is 65.6 Å². The summed E-state index contributed by atoms with van der Waals surface area (Å²) >= 11 is 0. The number of nitriles is 1. The molecule has 0 N–H and O–H groups in total. The summed E-state index contributed by atoms with van der Waals surface area (Å²) in [6.45, 7) is 2.72. The van der Waals surface area contributed by atoms with Crippen LogP contribution < -0.4 is 5.69 Å². The monoisotopic (exact) mass is 703 g/mol. The molecule has 0 aliphatic heterocycles. The van der Waals surface area contributed by atoms with Crippen molar-refractivity contribution in [1.29, 1.82) is 5.26 Å². The smallest absolute Gasteiger partial charge is 0.416 e.